The number of aryl methyl sites for hydroxylation is 2. The maximum absolute atomic E-state index is 12.9. The van der Waals surface area contributed by atoms with Crippen molar-refractivity contribution in [3.05, 3.63) is 75.5 Å². The molecule has 1 heterocycles. The minimum absolute atomic E-state index is 0.229. The lowest BCUT2D eigenvalue weighted by Crippen LogP contribution is -2.13. The molecule has 0 aliphatic carbocycles. The molecule has 1 N–H and O–H groups in total. The SMILES string of the molecule is Cc1ccc(NC(=O)c2csc(COc3ccc(F)cc3)n2)c(C)c1. The molecule has 25 heavy (non-hydrogen) atoms. The Morgan fingerprint density at radius 3 is 2.68 bits per heavy atom. The number of benzene rings is 2. The number of rotatable bonds is 5. The van der Waals surface area contributed by atoms with Crippen molar-refractivity contribution >= 4 is 22.9 Å². The summed E-state index contributed by atoms with van der Waals surface area (Å²) < 4.78 is 18.4. The monoisotopic (exact) mass is 356 g/mol. The van der Waals surface area contributed by atoms with E-state index in [9.17, 15) is 9.18 Å². The topological polar surface area (TPSA) is 51.2 Å². The molecule has 1 aromatic heterocycles. The third-order valence-corrected chi connectivity index (χ3v) is 4.41. The van der Waals surface area contributed by atoms with Crippen LogP contribution >= 0.6 is 11.3 Å². The Morgan fingerprint density at radius 2 is 1.96 bits per heavy atom. The van der Waals surface area contributed by atoms with Gasteiger partial charge in [-0.15, -0.1) is 11.3 Å². The van der Waals surface area contributed by atoms with Gasteiger partial charge in [0.25, 0.3) is 5.91 Å². The molecule has 4 nitrogen and oxygen atoms in total. The number of halogens is 1. The first-order valence-electron chi connectivity index (χ1n) is 7.72. The number of thiazole rings is 1. The Hall–Kier alpha value is -2.73. The van der Waals surface area contributed by atoms with Crippen molar-refractivity contribution in [2.75, 3.05) is 5.32 Å². The fourth-order valence-corrected chi connectivity index (χ4v) is 2.98. The van der Waals surface area contributed by atoms with E-state index in [1.54, 1.807) is 17.5 Å². The summed E-state index contributed by atoms with van der Waals surface area (Å²) in [6.45, 7) is 4.19. The summed E-state index contributed by atoms with van der Waals surface area (Å²) in [5.41, 5.74) is 3.27. The fraction of sp³-hybridized carbons (Fsp3) is 0.158. The number of ether oxygens (including phenoxy) is 1. The van der Waals surface area contributed by atoms with E-state index in [-0.39, 0.29) is 18.3 Å². The Morgan fingerprint density at radius 1 is 1.20 bits per heavy atom. The van der Waals surface area contributed by atoms with Crippen LogP contribution in [0.4, 0.5) is 10.1 Å². The first kappa shape index (κ1) is 17.1. The minimum atomic E-state index is -0.313. The lowest BCUT2D eigenvalue weighted by atomic mass is 10.1. The van der Waals surface area contributed by atoms with Crippen LogP contribution in [0, 0.1) is 19.7 Å². The molecule has 0 bridgehead atoms. The van der Waals surface area contributed by atoms with E-state index < -0.39 is 0 Å². The fourth-order valence-electron chi connectivity index (χ4n) is 2.30. The highest BCUT2D eigenvalue weighted by atomic mass is 32.1. The van der Waals surface area contributed by atoms with Crippen molar-refractivity contribution in [3.8, 4) is 5.75 Å². The smallest absolute Gasteiger partial charge is 0.275 e. The predicted molar refractivity (Wildman–Crippen MR) is 96.7 cm³/mol. The van der Waals surface area contributed by atoms with Gasteiger partial charge in [0, 0.05) is 11.1 Å². The summed E-state index contributed by atoms with van der Waals surface area (Å²) >= 11 is 1.35. The van der Waals surface area contributed by atoms with Gasteiger partial charge in [0.2, 0.25) is 0 Å². The molecule has 128 valence electrons. The summed E-state index contributed by atoms with van der Waals surface area (Å²) in [7, 11) is 0. The van der Waals surface area contributed by atoms with Crippen LogP contribution in [0.3, 0.4) is 0 Å². The molecule has 2 aromatic carbocycles. The van der Waals surface area contributed by atoms with Gasteiger partial charge < -0.3 is 10.1 Å². The van der Waals surface area contributed by atoms with Crippen LogP contribution in [0.5, 0.6) is 5.75 Å². The maximum atomic E-state index is 12.9. The summed E-state index contributed by atoms with van der Waals surface area (Å²) in [6.07, 6.45) is 0. The lowest BCUT2D eigenvalue weighted by Gasteiger charge is -2.07. The summed E-state index contributed by atoms with van der Waals surface area (Å²) in [6, 6.07) is 11.6. The van der Waals surface area contributed by atoms with Gasteiger partial charge in [-0.05, 0) is 49.7 Å². The number of nitrogens with one attached hydrogen (secondary N) is 1. The van der Waals surface area contributed by atoms with Gasteiger partial charge in [0.15, 0.2) is 0 Å². The van der Waals surface area contributed by atoms with Crippen molar-refractivity contribution < 1.29 is 13.9 Å². The Bertz CT molecular complexity index is 891. The van der Waals surface area contributed by atoms with Gasteiger partial charge in [-0.25, -0.2) is 9.37 Å². The molecule has 1 amide bonds. The van der Waals surface area contributed by atoms with E-state index in [0.29, 0.717) is 16.5 Å². The molecule has 0 atom stereocenters. The summed E-state index contributed by atoms with van der Waals surface area (Å²) in [4.78, 5) is 16.6. The molecule has 0 unspecified atom stereocenters. The largest absolute Gasteiger partial charge is 0.486 e. The standard InChI is InChI=1S/C19H17FN2O2S/c1-12-3-8-16(13(2)9-12)22-19(23)17-11-25-18(21-17)10-24-15-6-4-14(20)5-7-15/h3-9,11H,10H2,1-2H3,(H,22,23). The van der Waals surface area contributed by atoms with Crippen LogP contribution in [0.2, 0.25) is 0 Å². The first-order chi connectivity index (χ1) is 12.0. The van der Waals surface area contributed by atoms with Crippen LogP contribution in [0.15, 0.2) is 47.8 Å². The van der Waals surface area contributed by atoms with E-state index in [2.05, 4.69) is 10.3 Å². The van der Waals surface area contributed by atoms with E-state index >= 15 is 0 Å². The minimum Gasteiger partial charge on any atom is -0.486 e. The number of carbonyl (C=O) groups is 1. The highest BCUT2D eigenvalue weighted by Gasteiger charge is 2.12. The molecule has 3 rings (SSSR count). The van der Waals surface area contributed by atoms with Gasteiger partial charge in [-0.3, -0.25) is 4.79 Å². The second kappa shape index (κ2) is 7.44. The van der Waals surface area contributed by atoms with Crippen molar-refractivity contribution in [1.29, 1.82) is 0 Å². The summed E-state index contributed by atoms with van der Waals surface area (Å²) in [5.74, 6) is -0.0129. The zero-order valence-electron chi connectivity index (χ0n) is 13.9. The van der Waals surface area contributed by atoms with E-state index in [1.807, 2.05) is 32.0 Å². The van der Waals surface area contributed by atoms with Crippen LogP contribution < -0.4 is 10.1 Å². The normalized spacial score (nSPS) is 10.5. The van der Waals surface area contributed by atoms with E-state index in [0.717, 1.165) is 16.8 Å². The first-order valence-corrected chi connectivity index (χ1v) is 8.60. The maximum Gasteiger partial charge on any atom is 0.275 e. The third-order valence-electron chi connectivity index (χ3n) is 3.59. The molecule has 0 aliphatic heterocycles. The van der Waals surface area contributed by atoms with Crippen molar-refractivity contribution in [1.82, 2.24) is 4.98 Å². The number of hydrogen-bond donors (Lipinski definition) is 1. The lowest BCUT2D eigenvalue weighted by molar-refractivity contribution is 0.102. The van der Waals surface area contributed by atoms with E-state index in [1.165, 1.54) is 23.5 Å². The van der Waals surface area contributed by atoms with Crippen LogP contribution in [0.1, 0.15) is 26.6 Å². The quantitative estimate of drug-likeness (QED) is 0.719. The Balaban J connectivity index is 1.62. The molecular formula is C19H17FN2O2S. The third kappa shape index (κ3) is 4.42. The molecular weight excluding hydrogens is 339 g/mol. The molecule has 0 saturated heterocycles. The van der Waals surface area contributed by atoms with Crippen LogP contribution in [-0.4, -0.2) is 10.9 Å². The highest BCUT2D eigenvalue weighted by molar-refractivity contribution is 7.09. The van der Waals surface area contributed by atoms with Gasteiger partial charge in [-0.2, -0.15) is 0 Å². The molecule has 0 aliphatic rings. The number of hydrogen-bond acceptors (Lipinski definition) is 4. The number of nitrogens with zero attached hydrogens (tertiary/aromatic N) is 1. The number of aromatic nitrogens is 1. The number of amides is 1. The number of anilines is 1. The molecule has 3 aromatic rings. The van der Waals surface area contributed by atoms with Crippen molar-refractivity contribution in [3.63, 3.8) is 0 Å². The van der Waals surface area contributed by atoms with Gasteiger partial charge in [0.1, 0.15) is 28.9 Å². The molecule has 0 fully saturated rings. The van der Waals surface area contributed by atoms with Crippen LogP contribution in [-0.2, 0) is 6.61 Å². The molecule has 0 spiro atoms. The van der Waals surface area contributed by atoms with Crippen LogP contribution in [0.25, 0.3) is 0 Å². The molecule has 0 saturated carbocycles. The van der Waals surface area contributed by atoms with Crippen molar-refractivity contribution in [2.24, 2.45) is 0 Å². The summed E-state index contributed by atoms with van der Waals surface area (Å²) in [5, 5.41) is 5.24. The molecule has 6 heteroatoms. The van der Waals surface area contributed by atoms with Gasteiger partial charge >= 0.3 is 0 Å². The zero-order chi connectivity index (χ0) is 17.8. The second-order valence-corrected chi connectivity index (χ2v) is 6.58. The Labute approximate surface area is 149 Å². The zero-order valence-corrected chi connectivity index (χ0v) is 14.7. The average molecular weight is 356 g/mol. The van der Waals surface area contributed by atoms with E-state index in [4.69, 9.17) is 4.74 Å². The second-order valence-electron chi connectivity index (χ2n) is 5.64. The van der Waals surface area contributed by atoms with Crippen molar-refractivity contribution in [2.45, 2.75) is 20.5 Å². The van der Waals surface area contributed by atoms with Gasteiger partial charge in [-0.1, -0.05) is 17.7 Å². The highest BCUT2D eigenvalue weighted by Crippen LogP contribution is 2.19. The Kier molecular flexibility index (Phi) is 5.09. The predicted octanol–water partition coefficient (Wildman–Crippen LogP) is 4.73. The van der Waals surface area contributed by atoms with Gasteiger partial charge in [0.05, 0.1) is 0 Å². The average Bonchev–Trinajstić information content (AvgIpc) is 3.06. The molecule has 0 radical (unpaired) electrons. The number of carbonyl (C=O) groups excluding carboxylic acids is 1.